The van der Waals surface area contributed by atoms with E-state index in [1.165, 1.54) is 49.4 Å². The second-order valence-electron chi connectivity index (χ2n) is 13.8. The number of pyridine rings is 4. The molecule has 4 aromatic carbocycles. The van der Waals surface area contributed by atoms with E-state index in [0.717, 1.165) is 60.7 Å². The molecule has 0 aliphatic heterocycles. The van der Waals surface area contributed by atoms with Crippen LogP contribution in [0.3, 0.4) is 0 Å². The molecule has 0 fully saturated rings. The van der Waals surface area contributed by atoms with E-state index in [9.17, 15) is 75.2 Å². The Kier molecular flexibility index (Phi) is 14.7. The van der Waals surface area contributed by atoms with Gasteiger partial charge in [0.25, 0.3) is 0 Å². The molecule has 10 nitrogen and oxygen atoms in total. The maximum absolute atomic E-state index is 12.7. The summed E-state index contributed by atoms with van der Waals surface area (Å²) < 4.78 is 186. The molecular formula is C44H22CuF12N5O5S. The molecule has 0 unspecified atom stereocenters. The first-order valence-electron chi connectivity index (χ1n) is 18.4. The molecule has 68 heavy (non-hydrogen) atoms. The molecule has 0 saturated carbocycles. The number of carbonyl (C=O) groups excluding carboxylic acids is 2. The first-order valence-corrected chi connectivity index (χ1v) is 19.8. The Balaban J connectivity index is 0.000000184. The van der Waals surface area contributed by atoms with Crippen molar-refractivity contribution in [3.8, 4) is 6.07 Å². The third-order valence-corrected chi connectivity index (χ3v) is 10.2. The van der Waals surface area contributed by atoms with E-state index >= 15 is 0 Å². The summed E-state index contributed by atoms with van der Waals surface area (Å²) in [7, 11) is -4.67. The number of carbonyl (C=O) groups is 2. The van der Waals surface area contributed by atoms with Crippen LogP contribution in [-0.4, -0.2) is 44.5 Å². The fourth-order valence-corrected chi connectivity index (χ4v) is 6.90. The van der Waals surface area contributed by atoms with Crippen LogP contribution < -0.4 is 0 Å². The Morgan fingerprint density at radius 2 is 0.706 bits per heavy atom. The van der Waals surface area contributed by atoms with Gasteiger partial charge in [0.05, 0.1) is 33.0 Å². The van der Waals surface area contributed by atoms with Crippen molar-refractivity contribution in [3.63, 3.8) is 0 Å². The number of alkyl halides is 12. The first-order chi connectivity index (χ1) is 31.1. The Labute approximate surface area is 384 Å². The number of nitriles is 1. The molecule has 0 bridgehead atoms. The van der Waals surface area contributed by atoms with Crippen LogP contribution in [-0.2, 0) is 51.9 Å². The standard InChI is InChI=1S/2C14H6F6N2.C14H8O5S.C2H3N.Cu/c2*15-13(16,17)9-5-3-7-1-2-8-4-6-10(14(18,19)20)22-12(8)11(7)21-9;15-13-9-3-1-2-4-10(9)14(16)12-7-8(20(17,18)19)5-6-11(12)13;1-2-3;/h2*1-6H;1-7H,(H,17,18,19);1H3;/q;;;;+1/p-1. The first kappa shape index (κ1) is 51.9. The number of benzene rings is 4. The second kappa shape index (κ2) is 19.3. The molecule has 24 heteroatoms. The molecule has 0 amide bonds. The third-order valence-electron chi connectivity index (χ3n) is 9.39. The van der Waals surface area contributed by atoms with E-state index in [1.54, 1.807) is 18.2 Å². The van der Waals surface area contributed by atoms with Crippen LogP contribution in [0.4, 0.5) is 52.7 Å². The summed E-state index contributed by atoms with van der Waals surface area (Å²) in [6.45, 7) is 1.43. The topological polar surface area (TPSA) is 167 Å². The van der Waals surface area contributed by atoms with Gasteiger partial charge in [-0.05, 0) is 42.5 Å². The number of ketones is 2. The number of rotatable bonds is 1. The van der Waals surface area contributed by atoms with Gasteiger partial charge in [0, 0.05) is 50.7 Å². The number of aromatic nitrogens is 4. The number of hydrogen-bond acceptors (Lipinski definition) is 10. The Morgan fingerprint density at radius 1 is 0.456 bits per heavy atom. The van der Waals surface area contributed by atoms with Gasteiger partial charge in [0.15, 0.2) is 11.6 Å². The molecule has 8 aromatic rings. The molecule has 0 N–H and O–H groups in total. The molecular weight excluding hydrogens is 1000 g/mol. The molecule has 1 aliphatic carbocycles. The number of fused-ring (bicyclic) bond motifs is 8. The summed E-state index contributed by atoms with van der Waals surface area (Å²) >= 11 is 0. The zero-order chi connectivity index (χ0) is 49.4. The van der Waals surface area contributed by atoms with Gasteiger partial charge in [-0.25, -0.2) is 28.4 Å². The van der Waals surface area contributed by atoms with Crippen molar-refractivity contribution in [2.75, 3.05) is 0 Å². The number of halogens is 12. The van der Waals surface area contributed by atoms with Crippen LogP contribution in [0.2, 0.25) is 0 Å². The normalized spacial score (nSPS) is 12.6. The Bertz CT molecular complexity index is 3140. The average Bonchev–Trinajstić information content (AvgIpc) is 3.26. The van der Waals surface area contributed by atoms with Crippen LogP contribution in [0.15, 0.2) is 120 Å². The van der Waals surface area contributed by atoms with Crippen LogP contribution in [0, 0.1) is 11.3 Å². The van der Waals surface area contributed by atoms with Gasteiger partial charge in [-0.1, -0.05) is 72.8 Å². The monoisotopic (exact) mass is 1020 g/mol. The zero-order valence-electron chi connectivity index (χ0n) is 33.5. The molecule has 0 radical (unpaired) electrons. The predicted molar refractivity (Wildman–Crippen MR) is 213 cm³/mol. The van der Waals surface area contributed by atoms with Crippen LogP contribution in [0.1, 0.15) is 61.5 Å². The molecule has 354 valence electrons. The van der Waals surface area contributed by atoms with Gasteiger partial charge in [-0.3, -0.25) is 9.59 Å². The van der Waals surface area contributed by atoms with Crippen LogP contribution >= 0.6 is 0 Å². The zero-order valence-corrected chi connectivity index (χ0v) is 35.3. The van der Waals surface area contributed by atoms with Gasteiger partial charge < -0.3 is 4.55 Å². The summed E-state index contributed by atoms with van der Waals surface area (Å²) in [4.78, 5) is 37.8. The molecule has 4 aromatic heterocycles. The van der Waals surface area contributed by atoms with Crippen LogP contribution in [0.5, 0.6) is 0 Å². The molecule has 1 aliphatic rings. The summed E-state index contributed by atoms with van der Waals surface area (Å²) in [5.74, 6) is -0.814. The van der Waals surface area contributed by atoms with E-state index in [1.807, 2.05) is 0 Å². The van der Waals surface area contributed by atoms with E-state index in [2.05, 4.69) is 19.9 Å². The van der Waals surface area contributed by atoms with E-state index in [-0.39, 0.29) is 88.7 Å². The number of nitrogens with zero attached hydrogens (tertiary/aromatic N) is 5. The fraction of sp³-hybridized carbons (Fsp3) is 0.114. The van der Waals surface area contributed by atoms with Crippen molar-refractivity contribution in [3.05, 3.63) is 160 Å². The summed E-state index contributed by atoms with van der Waals surface area (Å²) in [5, 5.41) is 8.46. The summed E-state index contributed by atoms with van der Waals surface area (Å²) in [6.07, 6.45) is -18.7. The average molecular weight is 1020 g/mol. The quantitative estimate of drug-likeness (QED) is 0.0668. The molecule has 0 spiro atoms. The van der Waals surface area contributed by atoms with Gasteiger partial charge >= 0.3 is 41.8 Å². The number of hydrogen-bond donors (Lipinski definition) is 0. The third kappa shape index (κ3) is 11.2. The minimum atomic E-state index is -4.68. The van der Waals surface area contributed by atoms with Crippen molar-refractivity contribution in [1.29, 1.82) is 5.26 Å². The van der Waals surface area contributed by atoms with E-state index in [4.69, 9.17) is 5.26 Å². The van der Waals surface area contributed by atoms with Crippen molar-refractivity contribution < 1.29 is 92.3 Å². The molecule has 0 atom stereocenters. The summed E-state index contributed by atoms with van der Waals surface area (Å²) in [5.41, 5.74) is -4.98. The van der Waals surface area contributed by atoms with E-state index in [0.29, 0.717) is 0 Å². The second-order valence-corrected chi connectivity index (χ2v) is 15.2. The maximum Gasteiger partial charge on any atom is 1.00 e. The molecule has 9 rings (SSSR count). The predicted octanol–water partition coefficient (Wildman–Crippen LogP) is 11.5. The van der Waals surface area contributed by atoms with Crippen molar-refractivity contribution in [2.24, 2.45) is 0 Å². The minimum Gasteiger partial charge on any atom is -0.744 e. The molecule has 0 saturated heterocycles. The van der Waals surface area contributed by atoms with Crippen molar-refractivity contribution >= 4 is 65.3 Å². The van der Waals surface area contributed by atoms with Gasteiger partial charge in [0.1, 0.15) is 32.9 Å². The SMILES string of the molecule is CC#N.FC(F)(F)c1ccc2ccc3ccc(C(F)(F)F)nc3c2n1.FC(F)(F)c1ccc2ccc3ccc(C(F)(F)F)nc3c2n1.O=C1c2ccccc2C(=O)c2cc(S(=O)(=O)[O-])ccc21.[Cu+]. The smallest absolute Gasteiger partial charge is 0.744 e. The van der Waals surface area contributed by atoms with Crippen molar-refractivity contribution in [1.82, 2.24) is 19.9 Å². The Hall–Kier alpha value is -7.06. The molecule has 4 heterocycles. The van der Waals surface area contributed by atoms with Gasteiger partial charge in [0.2, 0.25) is 0 Å². The fourth-order valence-electron chi connectivity index (χ4n) is 6.40. The van der Waals surface area contributed by atoms with Gasteiger partial charge in [-0.2, -0.15) is 57.9 Å². The largest absolute Gasteiger partial charge is 1.00 e. The Morgan fingerprint density at radius 3 is 0.971 bits per heavy atom. The maximum atomic E-state index is 12.7. The van der Waals surface area contributed by atoms with Crippen molar-refractivity contribution in [2.45, 2.75) is 36.5 Å². The minimum absolute atomic E-state index is 0. The van der Waals surface area contributed by atoms with Crippen LogP contribution in [0.25, 0.3) is 43.6 Å². The van der Waals surface area contributed by atoms with E-state index < -0.39 is 68.3 Å². The van der Waals surface area contributed by atoms with Gasteiger partial charge in [-0.15, -0.1) is 0 Å². The summed E-state index contributed by atoms with van der Waals surface area (Å²) in [6, 6.07) is 25.0.